The molecule has 1 rings (SSSR count). The summed E-state index contributed by atoms with van der Waals surface area (Å²) in [6.45, 7) is 0. The maximum absolute atomic E-state index is 10.2. The van der Waals surface area contributed by atoms with E-state index in [1.54, 1.807) is 24.3 Å². The van der Waals surface area contributed by atoms with Gasteiger partial charge in [0.1, 0.15) is 6.29 Å². The lowest BCUT2D eigenvalue weighted by atomic mass is 10.1. The molecule has 11 heavy (non-hydrogen) atoms. The summed E-state index contributed by atoms with van der Waals surface area (Å²) in [7, 11) is 0. The molecule has 2 N–H and O–H groups in total. The Morgan fingerprint density at radius 3 is 2.82 bits per heavy atom. The van der Waals surface area contributed by atoms with Crippen molar-refractivity contribution in [2.45, 2.75) is 6.04 Å². The van der Waals surface area contributed by atoms with Crippen molar-refractivity contribution in [2.75, 3.05) is 0 Å². The molecule has 0 aliphatic rings. The van der Waals surface area contributed by atoms with Crippen molar-refractivity contribution >= 4 is 17.9 Å². The molecule has 1 aromatic carbocycles. The normalized spacial score (nSPS) is 12.5. The largest absolute Gasteiger partial charge is 0.318 e. The average Bonchev–Trinajstić information content (AvgIpc) is 2.03. The lowest BCUT2D eigenvalue weighted by Gasteiger charge is -2.02. The monoisotopic (exact) mass is 169 g/mol. The van der Waals surface area contributed by atoms with Gasteiger partial charge in [0.15, 0.2) is 0 Å². The number of halogens is 1. The molecule has 0 saturated carbocycles. The van der Waals surface area contributed by atoms with E-state index in [0.29, 0.717) is 11.3 Å². The summed E-state index contributed by atoms with van der Waals surface area (Å²) in [5.41, 5.74) is 6.18. The smallest absolute Gasteiger partial charge is 0.141 e. The highest BCUT2D eigenvalue weighted by atomic mass is 35.5. The van der Waals surface area contributed by atoms with Crippen LogP contribution in [0.4, 0.5) is 0 Å². The summed E-state index contributed by atoms with van der Waals surface area (Å²) < 4.78 is 0. The summed E-state index contributed by atoms with van der Waals surface area (Å²) in [5.74, 6) is 0. The third-order valence-corrected chi connectivity index (χ3v) is 1.62. The van der Waals surface area contributed by atoms with Gasteiger partial charge >= 0.3 is 0 Å². The van der Waals surface area contributed by atoms with Crippen LogP contribution in [-0.4, -0.2) is 6.29 Å². The van der Waals surface area contributed by atoms with E-state index in [4.69, 9.17) is 17.3 Å². The van der Waals surface area contributed by atoms with Gasteiger partial charge < -0.3 is 10.5 Å². The number of aldehydes is 1. The first-order valence-corrected chi connectivity index (χ1v) is 3.58. The number of carbonyl (C=O) groups excluding carboxylic acids is 1. The molecule has 58 valence electrons. The van der Waals surface area contributed by atoms with Gasteiger partial charge in [-0.15, -0.1) is 0 Å². The minimum Gasteiger partial charge on any atom is -0.318 e. The Balaban J connectivity index is 2.95. The number of carbonyl (C=O) groups is 1. The van der Waals surface area contributed by atoms with E-state index in [2.05, 4.69) is 0 Å². The first-order chi connectivity index (χ1) is 5.24. The Kier molecular flexibility index (Phi) is 2.63. The highest BCUT2D eigenvalue weighted by Gasteiger charge is 2.02. The minimum absolute atomic E-state index is 0.561. The van der Waals surface area contributed by atoms with Gasteiger partial charge in [-0.3, -0.25) is 0 Å². The third-order valence-electron chi connectivity index (χ3n) is 1.38. The molecule has 1 atom stereocenters. The molecule has 0 amide bonds. The van der Waals surface area contributed by atoms with Gasteiger partial charge in [0.05, 0.1) is 6.04 Å². The number of benzene rings is 1. The molecule has 2 nitrogen and oxygen atoms in total. The van der Waals surface area contributed by atoms with Crippen molar-refractivity contribution in [3.8, 4) is 0 Å². The van der Waals surface area contributed by atoms with E-state index in [1.807, 2.05) is 0 Å². The molecular weight excluding hydrogens is 162 g/mol. The second-order valence-corrected chi connectivity index (χ2v) is 2.65. The second kappa shape index (κ2) is 3.51. The minimum atomic E-state index is -0.561. The highest BCUT2D eigenvalue weighted by Crippen LogP contribution is 2.14. The molecule has 0 fully saturated rings. The van der Waals surface area contributed by atoms with E-state index in [0.717, 1.165) is 5.56 Å². The second-order valence-electron chi connectivity index (χ2n) is 2.22. The zero-order valence-corrected chi connectivity index (χ0v) is 6.58. The third kappa shape index (κ3) is 2.03. The van der Waals surface area contributed by atoms with Crippen molar-refractivity contribution in [3.63, 3.8) is 0 Å². The Bertz CT molecular complexity index is 262. The van der Waals surface area contributed by atoms with E-state index < -0.39 is 6.04 Å². The van der Waals surface area contributed by atoms with Gasteiger partial charge in [0.25, 0.3) is 0 Å². The van der Waals surface area contributed by atoms with Crippen LogP contribution < -0.4 is 5.73 Å². The predicted octanol–water partition coefficient (Wildman–Crippen LogP) is 1.54. The van der Waals surface area contributed by atoms with Crippen LogP contribution in [0.15, 0.2) is 24.3 Å². The number of hydrogen-bond acceptors (Lipinski definition) is 2. The molecule has 0 unspecified atom stereocenters. The summed E-state index contributed by atoms with van der Waals surface area (Å²) in [6.07, 6.45) is 0.686. The van der Waals surface area contributed by atoms with E-state index in [1.165, 1.54) is 0 Å². The van der Waals surface area contributed by atoms with Crippen LogP contribution in [0.5, 0.6) is 0 Å². The van der Waals surface area contributed by atoms with Crippen LogP contribution in [0.3, 0.4) is 0 Å². The Morgan fingerprint density at radius 1 is 1.55 bits per heavy atom. The van der Waals surface area contributed by atoms with Crippen LogP contribution in [0, 0.1) is 0 Å². The van der Waals surface area contributed by atoms with Crippen molar-refractivity contribution in [3.05, 3.63) is 34.9 Å². The Labute approximate surface area is 70.0 Å². The van der Waals surface area contributed by atoms with Crippen LogP contribution in [-0.2, 0) is 4.79 Å². The van der Waals surface area contributed by atoms with Gasteiger partial charge in [-0.25, -0.2) is 0 Å². The molecular formula is C8H8ClNO. The SMILES string of the molecule is N[C@H](C=O)c1cccc(Cl)c1. The molecule has 0 aliphatic heterocycles. The standard InChI is InChI=1S/C8H8ClNO/c9-7-3-1-2-6(4-7)8(10)5-11/h1-5,8H,10H2/t8-/m1/s1. The number of hydrogen-bond donors (Lipinski definition) is 1. The first kappa shape index (κ1) is 8.24. The molecule has 3 heteroatoms. The van der Waals surface area contributed by atoms with Crippen molar-refractivity contribution < 1.29 is 4.79 Å². The lowest BCUT2D eigenvalue weighted by Crippen LogP contribution is -2.10. The molecule has 0 aromatic heterocycles. The zero-order valence-electron chi connectivity index (χ0n) is 5.83. The lowest BCUT2D eigenvalue weighted by molar-refractivity contribution is -0.109. The van der Waals surface area contributed by atoms with E-state index in [-0.39, 0.29) is 0 Å². The summed E-state index contributed by atoms with van der Waals surface area (Å²) >= 11 is 5.67. The molecule has 0 aliphatic carbocycles. The fourth-order valence-electron chi connectivity index (χ4n) is 0.792. The summed E-state index contributed by atoms with van der Waals surface area (Å²) in [6, 6.07) is 6.39. The quantitative estimate of drug-likeness (QED) is 0.683. The molecule has 0 saturated heterocycles. The van der Waals surface area contributed by atoms with Gasteiger partial charge in [0, 0.05) is 5.02 Å². The van der Waals surface area contributed by atoms with Crippen molar-refractivity contribution in [1.29, 1.82) is 0 Å². The van der Waals surface area contributed by atoms with Gasteiger partial charge in [-0.05, 0) is 17.7 Å². The van der Waals surface area contributed by atoms with Gasteiger partial charge in [-0.2, -0.15) is 0 Å². The van der Waals surface area contributed by atoms with Gasteiger partial charge in [-0.1, -0.05) is 23.7 Å². The van der Waals surface area contributed by atoms with Gasteiger partial charge in [0.2, 0.25) is 0 Å². The average molecular weight is 170 g/mol. The van der Waals surface area contributed by atoms with Crippen LogP contribution in [0.1, 0.15) is 11.6 Å². The molecule has 1 aromatic rings. The fourth-order valence-corrected chi connectivity index (χ4v) is 0.991. The maximum atomic E-state index is 10.2. The maximum Gasteiger partial charge on any atom is 0.141 e. The summed E-state index contributed by atoms with van der Waals surface area (Å²) in [4.78, 5) is 10.2. The first-order valence-electron chi connectivity index (χ1n) is 3.20. The fraction of sp³-hybridized carbons (Fsp3) is 0.125. The van der Waals surface area contributed by atoms with E-state index >= 15 is 0 Å². The Morgan fingerprint density at radius 2 is 2.27 bits per heavy atom. The van der Waals surface area contributed by atoms with Crippen molar-refractivity contribution in [1.82, 2.24) is 0 Å². The molecule has 0 bridgehead atoms. The zero-order chi connectivity index (χ0) is 8.27. The molecule has 0 heterocycles. The number of nitrogens with two attached hydrogens (primary N) is 1. The molecule has 0 radical (unpaired) electrons. The molecule has 0 spiro atoms. The van der Waals surface area contributed by atoms with Crippen LogP contribution in [0.25, 0.3) is 0 Å². The van der Waals surface area contributed by atoms with Crippen LogP contribution >= 0.6 is 11.6 Å². The number of rotatable bonds is 2. The van der Waals surface area contributed by atoms with Crippen LogP contribution in [0.2, 0.25) is 5.02 Å². The highest BCUT2D eigenvalue weighted by molar-refractivity contribution is 6.30. The Hall–Kier alpha value is -0.860. The van der Waals surface area contributed by atoms with Crippen molar-refractivity contribution in [2.24, 2.45) is 5.73 Å². The topological polar surface area (TPSA) is 43.1 Å². The summed E-state index contributed by atoms with van der Waals surface area (Å²) in [5, 5.41) is 0.597. The predicted molar refractivity (Wildman–Crippen MR) is 44.4 cm³/mol. The van der Waals surface area contributed by atoms with E-state index in [9.17, 15) is 4.79 Å².